The third kappa shape index (κ3) is 3.29. The maximum Gasteiger partial charge on any atom is 0.319 e. The van der Waals surface area contributed by atoms with E-state index in [2.05, 4.69) is 21.9 Å². The zero-order valence-electron chi connectivity index (χ0n) is 16.7. The van der Waals surface area contributed by atoms with Gasteiger partial charge in [-0.3, -0.25) is 4.79 Å². The molecule has 1 aromatic rings. The lowest BCUT2D eigenvalue weighted by molar-refractivity contribution is -0.142. The van der Waals surface area contributed by atoms with Gasteiger partial charge in [-0.05, 0) is 55.9 Å². The molecule has 5 heteroatoms. The van der Waals surface area contributed by atoms with Crippen molar-refractivity contribution in [2.75, 3.05) is 32.7 Å². The number of urea groups is 1. The predicted molar refractivity (Wildman–Crippen MR) is 108 cm³/mol. The maximum absolute atomic E-state index is 13.2. The predicted octanol–water partition coefficient (Wildman–Crippen LogP) is 3.46. The van der Waals surface area contributed by atoms with Crippen LogP contribution in [0.4, 0.5) is 4.79 Å². The van der Waals surface area contributed by atoms with Gasteiger partial charge in [0.1, 0.15) is 0 Å². The van der Waals surface area contributed by atoms with Crippen molar-refractivity contribution in [2.24, 2.45) is 5.41 Å². The molecule has 4 fully saturated rings. The Balaban J connectivity index is 1.33. The van der Waals surface area contributed by atoms with E-state index in [1.165, 1.54) is 0 Å². The second-order valence-corrected chi connectivity index (χ2v) is 9.33. The van der Waals surface area contributed by atoms with E-state index in [-0.39, 0.29) is 17.4 Å². The molecule has 28 heavy (non-hydrogen) atoms. The fourth-order valence-electron chi connectivity index (χ4n) is 5.51. The third-order valence-electron chi connectivity index (χ3n) is 7.38. The molecule has 1 spiro atoms. The van der Waals surface area contributed by atoms with Crippen LogP contribution in [0.15, 0.2) is 30.3 Å². The summed E-state index contributed by atoms with van der Waals surface area (Å²) in [4.78, 5) is 32.3. The van der Waals surface area contributed by atoms with E-state index < -0.39 is 0 Å². The van der Waals surface area contributed by atoms with E-state index in [4.69, 9.17) is 0 Å². The highest BCUT2D eigenvalue weighted by atomic mass is 16.2. The summed E-state index contributed by atoms with van der Waals surface area (Å²) in [6, 6.07) is 11.0. The first-order chi connectivity index (χ1) is 13.7. The van der Waals surface area contributed by atoms with Crippen LogP contribution in [0.2, 0.25) is 0 Å². The third-order valence-corrected chi connectivity index (χ3v) is 7.38. The van der Waals surface area contributed by atoms with Crippen molar-refractivity contribution in [1.29, 1.82) is 0 Å². The van der Waals surface area contributed by atoms with E-state index >= 15 is 0 Å². The summed E-state index contributed by atoms with van der Waals surface area (Å²) in [5.74, 6) is 0.311. The van der Waals surface area contributed by atoms with E-state index in [0.717, 1.165) is 83.2 Å². The quantitative estimate of drug-likeness (QED) is 0.787. The zero-order valence-corrected chi connectivity index (χ0v) is 16.7. The number of hydrogen-bond donors (Lipinski definition) is 0. The molecule has 150 valence electrons. The molecule has 0 unspecified atom stereocenters. The Morgan fingerprint density at radius 2 is 1.57 bits per heavy atom. The molecule has 0 N–H and O–H groups in total. The van der Waals surface area contributed by atoms with Crippen LogP contribution in [0, 0.1) is 5.41 Å². The van der Waals surface area contributed by atoms with E-state index in [0.29, 0.717) is 11.9 Å². The second kappa shape index (κ2) is 7.09. The van der Waals surface area contributed by atoms with Crippen molar-refractivity contribution in [3.8, 4) is 0 Å². The number of carbonyl (C=O) groups excluding carboxylic acids is 2. The van der Waals surface area contributed by atoms with Gasteiger partial charge < -0.3 is 14.7 Å². The molecule has 0 bridgehead atoms. The van der Waals surface area contributed by atoms with E-state index in [9.17, 15) is 9.59 Å². The summed E-state index contributed by atoms with van der Waals surface area (Å²) >= 11 is 0. The molecule has 0 aromatic heterocycles. The van der Waals surface area contributed by atoms with Crippen molar-refractivity contribution < 1.29 is 9.59 Å². The molecular formula is C23H31N3O2. The molecular weight excluding hydrogens is 350 g/mol. The highest BCUT2D eigenvalue weighted by Gasteiger charge is 2.50. The summed E-state index contributed by atoms with van der Waals surface area (Å²) in [6.07, 6.45) is 7.57. The first kappa shape index (κ1) is 18.0. The minimum atomic E-state index is -0.0172. The topological polar surface area (TPSA) is 43.9 Å². The Bertz CT molecular complexity index is 731. The van der Waals surface area contributed by atoms with Crippen molar-refractivity contribution in [1.82, 2.24) is 14.7 Å². The standard InChI is InChI=1S/C23H31N3O2/c27-21-20(18-6-2-1-3-7-18)16-23(17-26(21)19-8-9-19)10-14-25(15-11-23)22(28)24-12-4-5-13-24/h1-3,6-7,19-20H,4-5,8-17H2/t20-/m1/s1. The van der Waals surface area contributed by atoms with Crippen LogP contribution in [-0.4, -0.2) is 65.4 Å². The summed E-state index contributed by atoms with van der Waals surface area (Å²) in [5.41, 5.74) is 1.33. The number of amides is 3. The van der Waals surface area contributed by atoms with E-state index in [1.54, 1.807) is 0 Å². The Kier molecular flexibility index (Phi) is 4.56. The van der Waals surface area contributed by atoms with Gasteiger partial charge in [-0.2, -0.15) is 0 Å². The van der Waals surface area contributed by atoms with Crippen LogP contribution in [0.3, 0.4) is 0 Å². The monoisotopic (exact) mass is 381 g/mol. The molecule has 3 heterocycles. The Hall–Kier alpha value is -2.04. The van der Waals surface area contributed by atoms with E-state index in [1.807, 2.05) is 23.1 Å². The summed E-state index contributed by atoms with van der Waals surface area (Å²) in [7, 11) is 0. The van der Waals surface area contributed by atoms with Crippen LogP contribution in [0.5, 0.6) is 0 Å². The minimum absolute atomic E-state index is 0.0172. The van der Waals surface area contributed by atoms with Crippen molar-refractivity contribution >= 4 is 11.9 Å². The smallest absolute Gasteiger partial charge is 0.319 e. The molecule has 3 aliphatic heterocycles. The van der Waals surface area contributed by atoms with Gasteiger partial charge in [0, 0.05) is 38.8 Å². The lowest BCUT2D eigenvalue weighted by Crippen LogP contribution is -2.56. The van der Waals surface area contributed by atoms with Crippen LogP contribution in [0.1, 0.15) is 56.4 Å². The van der Waals surface area contributed by atoms with Crippen molar-refractivity contribution in [3.63, 3.8) is 0 Å². The Labute approximate surface area is 167 Å². The van der Waals surface area contributed by atoms with Crippen LogP contribution >= 0.6 is 0 Å². The zero-order chi connectivity index (χ0) is 19.1. The number of nitrogens with zero attached hydrogens (tertiary/aromatic N) is 3. The molecule has 0 radical (unpaired) electrons. The fourth-order valence-corrected chi connectivity index (χ4v) is 5.51. The molecule has 4 aliphatic rings. The molecule has 5 nitrogen and oxygen atoms in total. The SMILES string of the molecule is O=C(N1CCCC1)N1CCC2(CC1)C[C@H](c1ccccc1)C(=O)N(C1CC1)C2. The number of piperidine rings is 2. The molecule has 1 aromatic carbocycles. The number of rotatable bonds is 2. The number of hydrogen-bond acceptors (Lipinski definition) is 2. The number of benzene rings is 1. The molecule has 3 amide bonds. The highest BCUT2D eigenvalue weighted by Crippen LogP contribution is 2.48. The highest BCUT2D eigenvalue weighted by molar-refractivity contribution is 5.85. The van der Waals surface area contributed by atoms with Gasteiger partial charge in [-0.15, -0.1) is 0 Å². The molecule has 5 rings (SSSR count). The molecule has 3 saturated heterocycles. The maximum atomic E-state index is 13.2. The van der Waals surface area contributed by atoms with Crippen molar-refractivity contribution in [2.45, 2.75) is 56.9 Å². The van der Waals surface area contributed by atoms with Gasteiger partial charge in [0.05, 0.1) is 5.92 Å². The van der Waals surface area contributed by atoms with Gasteiger partial charge in [-0.1, -0.05) is 30.3 Å². The summed E-state index contributed by atoms with van der Waals surface area (Å²) < 4.78 is 0. The summed E-state index contributed by atoms with van der Waals surface area (Å²) in [5, 5.41) is 0. The average Bonchev–Trinajstić information content (AvgIpc) is 3.43. The first-order valence-corrected chi connectivity index (χ1v) is 11.0. The summed E-state index contributed by atoms with van der Waals surface area (Å²) in [6.45, 7) is 4.40. The normalized spacial score (nSPS) is 27.5. The van der Waals surface area contributed by atoms with Gasteiger partial charge in [0.25, 0.3) is 0 Å². The Morgan fingerprint density at radius 1 is 0.929 bits per heavy atom. The average molecular weight is 382 g/mol. The van der Waals surface area contributed by atoms with Gasteiger partial charge >= 0.3 is 6.03 Å². The number of carbonyl (C=O) groups is 2. The van der Waals surface area contributed by atoms with Crippen LogP contribution < -0.4 is 0 Å². The van der Waals surface area contributed by atoms with Crippen LogP contribution in [-0.2, 0) is 4.79 Å². The van der Waals surface area contributed by atoms with Crippen molar-refractivity contribution in [3.05, 3.63) is 35.9 Å². The molecule has 1 atom stereocenters. The lowest BCUT2D eigenvalue weighted by Gasteiger charge is -2.50. The second-order valence-electron chi connectivity index (χ2n) is 9.33. The van der Waals surface area contributed by atoms with Crippen LogP contribution in [0.25, 0.3) is 0 Å². The molecule has 1 aliphatic carbocycles. The Morgan fingerprint density at radius 3 is 2.21 bits per heavy atom. The fraction of sp³-hybridized carbons (Fsp3) is 0.652. The lowest BCUT2D eigenvalue weighted by atomic mass is 9.67. The minimum Gasteiger partial charge on any atom is -0.339 e. The number of likely N-dealkylation sites (tertiary alicyclic amines) is 3. The van der Waals surface area contributed by atoms with Gasteiger partial charge in [0.15, 0.2) is 0 Å². The first-order valence-electron chi connectivity index (χ1n) is 11.0. The largest absolute Gasteiger partial charge is 0.339 e. The van der Waals surface area contributed by atoms with Gasteiger partial charge in [0.2, 0.25) is 5.91 Å². The molecule has 1 saturated carbocycles. The van der Waals surface area contributed by atoms with Gasteiger partial charge in [-0.25, -0.2) is 4.79 Å².